The van der Waals surface area contributed by atoms with Gasteiger partial charge in [-0.05, 0) is 42.3 Å². The molecule has 5 aromatic rings. The lowest BCUT2D eigenvalue weighted by Crippen LogP contribution is -2.26. The van der Waals surface area contributed by atoms with Gasteiger partial charge < -0.3 is 0 Å². The van der Waals surface area contributed by atoms with Crippen LogP contribution in [0, 0.1) is 66.0 Å². The Morgan fingerprint density at radius 2 is 1.13 bits per heavy atom. The van der Waals surface area contributed by atoms with E-state index in [-0.39, 0.29) is 90.8 Å². The fourth-order valence-corrected chi connectivity index (χ4v) is 7.39. The highest BCUT2D eigenvalue weighted by Crippen LogP contribution is 2.40. The van der Waals surface area contributed by atoms with Crippen molar-refractivity contribution in [1.82, 2.24) is 19.9 Å². The van der Waals surface area contributed by atoms with E-state index in [1.165, 1.54) is 13.1 Å². The third-order valence-electron chi connectivity index (χ3n) is 8.91. The SMILES string of the molecule is [C-]#[N+]/C(C#N)=c1/c2c(/c(=C(\C#N)[N+]#[C-])c3c1-c1ncc(-c4cc(F)c(C)c(F)c4)nc1C3)-c1ncc(-c3cc(F)c(S(=O)(=O)C(F)(F)F)c(F)c3)nc1C2. The largest absolute Gasteiger partial charge is 0.502 e. The molecule has 2 aliphatic rings. The van der Waals surface area contributed by atoms with Crippen LogP contribution < -0.4 is 10.4 Å². The molecule has 0 atom stereocenters. The minimum atomic E-state index is -6.40. The molecule has 0 spiro atoms. The molecule has 264 valence electrons. The summed E-state index contributed by atoms with van der Waals surface area (Å²) in [5, 5.41) is 20.3. The number of hydrogen-bond donors (Lipinski definition) is 0. The number of nitriles is 2. The van der Waals surface area contributed by atoms with Gasteiger partial charge in [0.25, 0.3) is 21.2 Å². The monoisotopic (exact) mass is 754 g/mol. The zero-order chi connectivity index (χ0) is 39.0. The van der Waals surface area contributed by atoms with Crippen molar-refractivity contribution >= 4 is 21.2 Å². The smallest absolute Gasteiger partial charge is 0.252 e. The lowest BCUT2D eigenvalue weighted by molar-refractivity contribution is -0.0439. The Balaban J connectivity index is 1.46. The molecule has 2 aliphatic carbocycles. The molecule has 0 saturated heterocycles. The molecule has 3 aromatic carbocycles. The highest BCUT2D eigenvalue weighted by Gasteiger charge is 2.50. The lowest BCUT2D eigenvalue weighted by atomic mass is 9.92. The first-order valence-electron chi connectivity index (χ1n) is 15.1. The van der Waals surface area contributed by atoms with E-state index >= 15 is 0 Å². The average Bonchev–Trinajstić information content (AvgIpc) is 3.69. The summed E-state index contributed by atoms with van der Waals surface area (Å²) in [4.78, 5) is 22.4. The Kier molecular flexibility index (Phi) is 8.06. The molecule has 0 N–H and O–H groups in total. The first-order chi connectivity index (χ1) is 25.6. The van der Waals surface area contributed by atoms with Crippen molar-refractivity contribution in [3.05, 3.63) is 121 Å². The van der Waals surface area contributed by atoms with Gasteiger partial charge in [-0.15, -0.1) is 0 Å². The van der Waals surface area contributed by atoms with Gasteiger partial charge in [0.2, 0.25) is 0 Å². The molecule has 0 bridgehead atoms. The van der Waals surface area contributed by atoms with Gasteiger partial charge in [-0.1, -0.05) is 0 Å². The molecule has 2 aromatic heterocycles. The molecule has 2 heterocycles. The molecular formula is C36H13F7N8O2S. The molecule has 0 unspecified atom stereocenters. The van der Waals surface area contributed by atoms with Gasteiger partial charge in [0.1, 0.15) is 28.2 Å². The van der Waals surface area contributed by atoms with Crippen LogP contribution in [0.4, 0.5) is 30.7 Å². The van der Waals surface area contributed by atoms with Crippen molar-refractivity contribution in [1.29, 1.82) is 10.5 Å². The van der Waals surface area contributed by atoms with Crippen LogP contribution in [0.3, 0.4) is 0 Å². The molecule has 0 radical (unpaired) electrons. The van der Waals surface area contributed by atoms with E-state index < -0.39 is 60.5 Å². The van der Waals surface area contributed by atoms with Crippen molar-refractivity contribution in [2.75, 3.05) is 0 Å². The van der Waals surface area contributed by atoms with Crippen LogP contribution in [0.1, 0.15) is 28.1 Å². The Labute approximate surface area is 299 Å². The zero-order valence-corrected chi connectivity index (χ0v) is 27.6. The quantitative estimate of drug-likeness (QED) is 0.158. The van der Waals surface area contributed by atoms with Gasteiger partial charge >= 0.3 is 5.51 Å². The van der Waals surface area contributed by atoms with E-state index in [4.69, 9.17) is 13.1 Å². The number of rotatable bonds is 3. The third-order valence-corrected chi connectivity index (χ3v) is 10.4. The number of sulfone groups is 1. The molecule has 0 aliphatic heterocycles. The fraction of sp³-hybridized carbons (Fsp3) is 0.111. The van der Waals surface area contributed by atoms with E-state index in [1.54, 1.807) is 0 Å². The second-order valence-electron chi connectivity index (χ2n) is 11.8. The summed E-state index contributed by atoms with van der Waals surface area (Å²) in [5.74, 6) is -5.72. The van der Waals surface area contributed by atoms with E-state index in [9.17, 15) is 49.7 Å². The zero-order valence-electron chi connectivity index (χ0n) is 26.8. The van der Waals surface area contributed by atoms with Gasteiger partial charge in [-0.2, -0.15) is 13.2 Å². The van der Waals surface area contributed by atoms with Gasteiger partial charge in [-0.3, -0.25) is 9.97 Å². The normalized spacial score (nSPS) is 13.7. The Morgan fingerprint density at radius 1 is 0.741 bits per heavy atom. The van der Waals surface area contributed by atoms with Crippen molar-refractivity contribution < 1.29 is 39.2 Å². The molecule has 18 heteroatoms. The number of hydrogen-bond acceptors (Lipinski definition) is 8. The van der Waals surface area contributed by atoms with Crippen molar-refractivity contribution in [3.63, 3.8) is 0 Å². The highest BCUT2D eigenvalue weighted by molar-refractivity contribution is 7.92. The fourth-order valence-electron chi connectivity index (χ4n) is 6.53. The van der Waals surface area contributed by atoms with E-state index in [0.717, 1.165) is 18.3 Å². The molecule has 54 heavy (non-hydrogen) atoms. The van der Waals surface area contributed by atoms with Gasteiger partial charge in [0, 0.05) is 51.1 Å². The molecular weight excluding hydrogens is 742 g/mol. The van der Waals surface area contributed by atoms with Crippen molar-refractivity contribution in [3.8, 4) is 57.2 Å². The maximum atomic E-state index is 14.8. The summed E-state index contributed by atoms with van der Waals surface area (Å²) in [6, 6.07) is 6.52. The average molecular weight is 755 g/mol. The van der Waals surface area contributed by atoms with Gasteiger partial charge in [-0.25, -0.2) is 56.2 Å². The standard InChI is InChI=1S/C36H13F7N8O2S/c1-14-19(37)4-15(5-20(14)38)27-12-48-33-23(50-27)8-17-29(25(10-44)46-2)32-18(30(31(17)33)26(11-45)47-3)9-24-34(32)49-13-28(51-24)16-6-21(39)35(22(40)7-16)54(52,53)36(41,42)43/h4-7,12-13H,8-9H2,1H3/b29-25+,30-26-. The maximum absolute atomic E-state index is 14.8. The Morgan fingerprint density at radius 3 is 1.48 bits per heavy atom. The van der Waals surface area contributed by atoms with Gasteiger partial charge in [0.05, 0.1) is 71.8 Å². The number of benzene rings is 3. The van der Waals surface area contributed by atoms with Crippen LogP contribution in [-0.2, 0) is 22.7 Å². The van der Waals surface area contributed by atoms with Crippen molar-refractivity contribution in [2.24, 2.45) is 0 Å². The van der Waals surface area contributed by atoms with Gasteiger partial charge in [0.15, 0.2) is 0 Å². The van der Waals surface area contributed by atoms with Crippen LogP contribution in [0.5, 0.6) is 0 Å². The van der Waals surface area contributed by atoms with E-state index in [0.29, 0.717) is 12.1 Å². The lowest BCUT2D eigenvalue weighted by Gasteiger charge is -2.12. The van der Waals surface area contributed by atoms with Crippen LogP contribution in [0.2, 0.25) is 0 Å². The topological polar surface area (TPSA) is 142 Å². The summed E-state index contributed by atoms with van der Waals surface area (Å²) in [6.07, 6.45) is 1.85. The molecule has 0 saturated carbocycles. The predicted octanol–water partition coefficient (Wildman–Crippen LogP) is 6.00. The summed E-state index contributed by atoms with van der Waals surface area (Å²) in [7, 11) is -6.40. The highest BCUT2D eigenvalue weighted by atomic mass is 32.2. The van der Waals surface area contributed by atoms with Crippen molar-refractivity contribution in [2.45, 2.75) is 30.2 Å². The summed E-state index contributed by atoms with van der Waals surface area (Å²) in [6.45, 7) is 16.9. The van der Waals surface area contributed by atoms with E-state index in [1.807, 2.05) is 12.1 Å². The maximum Gasteiger partial charge on any atom is 0.502 e. The number of aromatic nitrogens is 4. The van der Waals surface area contributed by atoms with Crippen LogP contribution >= 0.6 is 0 Å². The minimum Gasteiger partial charge on any atom is -0.252 e. The minimum absolute atomic E-state index is 0.0341. The van der Waals surface area contributed by atoms with E-state index in [2.05, 4.69) is 29.6 Å². The number of halogens is 7. The predicted molar refractivity (Wildman–Crippen MR) is 173 cm³/mol. The first kappa shape index (κ1) is 35.4. The number of fused-ring (bicyclic) bond motifs is 6. The molecule has 0 fully saturated rings. The third kappa shape index (κ3) is 5.15. The number of nitrogens with zero attached hydrogens (tertiary/aromatic N) is 8. The second kappa shape index (κ2) is 12.3. The summed E-state index contributed by atoms with van der Waals surface area (Å²) >= 11 is 0. The molecule has 7 rings (SSSR count). The Bertz CT molecular complexity index is 2930. The molecule has 0 amide bonds. The van der Waals surface area contributed by atoms with Crippen LogP contribution in [-0.4, -0.2) is 33.9 Å². The Hall–Kier alpha value is -7.02. The second-order valence-corrected chi connectivity index (χ2v) is 13.7. The number of alkyl halides is 3. The summed E-state index contributed by atoms with van der Waals surface area (Å²) < 4.78 is 122. The van der Waals surface area contributed by atoms with Crippen LogP contribution in [0.15, 0.2) is 41.6 Å². The first-order valence-corrected chi connectivity index (χ1v) is 16.5. The molecule has 10 nitrogen and oxygen atoms in total. The van der Waals surface area contributed by atoms with Crippen LogP contribution in [0.25, 0.3) is 66.1 Å². The summed E-state index contributed by atoms with van der Waals surface area (Å²) in [5.41, 5.74) is -6.46.